The van der Waals surface area contributed by atoms with Gasteiger partial charge in [0.2, 0.25) is 11.8 Å². The number of fused-ring (bicyclic) bond motifs is 5. The van der Waals surface area contributed by atoms with Gasteiger partial charge >= 0.3 is 5.97 Å². The number of anilines is 1. The van der Waals surface area contributed by atoms with Gasteiger partial charge in [0.1, 0.15) is 5.75 Å². The number of allylic oxidation sites excluding steroid dienone is 2. The standard InChI is InChI=1S/C18H17NO4/c1-2-14(20)23-13-7-5-12(6-8-13)19-17(21)15-10-3-4-11(9-10)16(15)18(19)22/h3-8,10-11,15-16H,2,9H2,1H3/t10-,11-,15+,16+/m1/s1. The molecule has 0 radical (unpaired) electrons. The van der Waals surface area contributed by atoms with Crippen LogP contribution in [0, 0.1) is 23.7 Å². The molecule has 1 heterocycles. The van der Waals surface area contributed by atoms with E-state index in [1.165, 1.54) is 4.90 Å². The van der Waals surface area contributed by atoms with Crippen molar-refractivity contribution < 1.29 is 19.1 Å². The van der Waals surface area contributed by atoms with Crippen LogP contribution in [0.4, 0.5) is 5.69 Å². The van der Waals surface area contributed by atoms with Crippen LogP contribution in [-0.2, 0) is 14.4 Å². The monoisotopic (exact) mass is 311 g/mol. The maximum atomic E-state index is 12.7. The van der Waals surface area contributed by atoms with Crippen LogP contribution in [0.2, 0.25) is 0 Å². The molecule has 118 valence electrons. The minimum absolute atomic E-state index is 0.102. The molecule has 3 aliphatic rings. The second-order valence-corrected chi connectivity index (χ2v) is 6.33. The van der Waals surface area contributed by atoms with Gasteiger partial charge in [-0.3, -0.25) is 19.3 Å². The maximum Gasteiger partial charge on any atom is 0.310 e. The predicted molar refractivity (Wildman–Crippen MR) is 82.6 cm³/mol. The van der Waals surface area contributed by atoms with Crippen LogP contribution in [0.1, 0.15) is 19.8 Å². The molecule has 5 heteroatoms. The number of benzene rings is 1. The van der Waals surface area contributed by atoms with E-state index in [2.05, 4.69) is 12.2 Å². The lowest BCUT2D eigenvalue weighted by atomic mass is 9.85. The van der Waals surface area contributed by atoms with E-state index in [1.54, 1.807) is 31.2 Å². The molecule has 0 aromatic heterocycles. The highest BCUT2D eigenvalue weighted by Crippen LogP contribution is 2.53. The number of carbonyl (C=O) groups is 3. The molecule has 1 aromatic rings. The van der Waals surface area contributed by atoms with Gasteiger partial charge < -0.3 is 4.74 Å². The fraction of sp³-hybridized carbons (Fsp3) is 0.389. The van der Waals surface area contributed by atoms with Crippen LogP contribution < -0.4 is 9.64 Å². The molecular weight excluding hydrogens is 294 g/mol. The lowest BCUT2D eigenvalue weighted by molar-refractivity contribution is -0.134. The summed E-state index contributed by atoms with van der Waals surface area (Å²) in [6.07, 6.45) is 5.37. The molecular formula is C18H17NO4. The first-order valence-corrected chi connectivity index (χ1v) is 7.97. The molecule has 0 spiro atoms. The Bertz CT molecular complexity index is 691. The van der Waals surface area contributed by atoms with Gasteiger partial charge in [0.05, 0.1) is 17.5 Å². The maximum absolute atomic E-state index is 12.7. The second-order valence-electron chi connectivity index (χ2n) is 6.33. The van der Waals surface area contributed by atoms with Crippen molar-refractivity contribution in [1.82, 2.24) is 0 Å². The number of carbonyl (C=O) groups excluding carboxylic acids is 3. The van der Waals surface area contributed by atoms with E-state index in [-0.39, 0.29) is 41.5 Å². The summed E-state index contributed by atoms with van der Waals surface area (Å²) < 4.78 is 5.12. The Morgan fingerprint density at radius 1 is 1.09 bits per heavy atom. The van der Waals surface area contributed by atoms with E-state index in [0.29, 0.717) is 17.9 Å². The number of hydrogen-bond acceptors (Lipinski definition) is 4. The fourth-order valence-electron chi connectivity index (χ4n) is 4.02. The van der Waals surface area contributed by atoms with Gasteiger partial charge in [-0.2, -0.15) is 0 Å². The number of hydrogen-bond donors (Lipinski definition) is 0. The number of rotatable bonds is 3. The number of nitrogens with zero attached hydrogens (tertiary/aromatic N) is 1. The second kappa shape index (κ2) is 5.05. The van der Waals surface area contributed by atoms with E-state index in [0.717, 1.165) is 6.42 Å². The molecule has 1 aliphatic heterocycles. The third-order valence-corrected chi connectivity index (χ3v) is 5.09. The van der Waals surface area contributed by atoms with Crippen LogP contribution in [0.3, 0.4) is 0 Å². The van der Waals surface area contributed by atoms with E-state index >= 15 is 0 Å². The first-order chi connectivity index (χ1) is 11.1. The third-order valence-electron chi connectivity index (χ3n) is 5.09. The van der Waals surface area contributed by atoms with Crippen molar-refractivity contribution in [2.75, 3.05) is 4.90 Å². The molecule has 1 saturated heterocycles. The van der Waals surface area contributed by atoms with Crippen molar-refractivity contribution >= 4 is 23.5 Å². The van der Waals surface area contributed by atoms with Crippen molar-refractivity contribution in [1.29, 1.82) is 0 Å². The van der Waals surface area contributed by atoms with Crippen molar-refractivity contribution in [3.8, 4) is 5.75 Å². The van der Waals surface area contributed by atoms with Crippen molar-refractivity contribution in [2.24, 2.45) is 23.7 Å². The number of amides is 2. The molecule has 1 aromatic carbocycles. The SMILES string of the molecule is CCC(=O)Oc1ccc(N2C(=O)[C@@H]3[C@@H](C2=O)[C@@H]2C=C[C@@H]3C2)cc1. The summed E-state index contributed by atoms with van der Waals surface area (Å²) in [6.45, 7) is 1.72. The lowest BCUT2D eigenvalue weighted by Crippen LogP contribution is -2.32. The van der Waals surface area contributed by atoms with Crippen molar-refractivity contribution in [3.05, 3.63) is 36.4 Å². The van der Waals surface area contributed by atoms with Gasteiger partial charge in [0.15, 0.2) is 0 Å². The highest BCUT2D eigenvalue weighted by Gasteiger charge is 2.59. The molecule has 2 amide bonds. The van der Waals surface area contributed by atoms with Crippen molar-refractivity contribution in [3.63, 3.8) is 0 Å². The summed E-state index contributed by atoms with van der Waals surface area (Å²) in [7, 11) is 0. The molecule has 0 unspecified atom stereocenters. The first-order valence-electron chi connectivity index (χ1n) is 7.97. The lowest BCUT2D eigenvalue weighted by Gasteiger charge is -2.17. The third kappa shape index (κ3) is 2.03. The zero-order valence-corrected chi connectivity index (χ0v) is 12.8. The molecule has 2 bridgehead atoms. The summed E-state index contributed by atoms with van der Waals surface area (Å²) in [5, 5.41) is 0. The molecule has 23 heavy (non-hydrogen) atoms. The fourth-order valence-corrected chi connectivity index (χ4v) is 4.02. The number of ether oxygens (including phenoxy) is 1. The van der Waals surface area contributed by atoms with Gasteiger partial charge in [0.25, 0.3) is 0 Å². The van der Waals surface area contributed by atoms with Gasteiger partial charge in [-0.25, -0.2) is 0 Å². The summed E-state index contributed by atoms with van der Waals surface area (Å²) in [5.41, 5.74) is 0.546. The molecule has 4 rings (SSSR count). The van der Waals surface area contributed by atoms with Gasteiger partial charge in [0, 0.05) is 6.42 Å². The Labute approximate surface area is 133 Å². The van der Waals surface area contributed by atoms with E-state index in [1.807, 2.05) is 0 Å². The molecule has 4 atom stereocenters. The van der Waals surface area contributed by atoms with Gasteiger partial charge in [-0.05, 0) is 42.5 Å². The zero-order valence-electron chi connectivity index (χ0n) is 12.8. The minimum Gasteiger partial charge on any atom is -0.427 e. The highest BCUT2D eigenvalue weighted by molar-refractivity contribution is 6.22. The Kier molecular flexibility index (Phi) is 3.11. The van der Waals surface area contributed by atoms with Crippen LogP contribution in [-0.4, -0.2) is 17.8 Å². The summed E-state index contributed by atoms with van der Waals surface area (Å²) in [6, 6.07) is 6.55. The Balaban J connectivity index is 1.58. The van der Waals surface area contributed by atoms with Crippen LogP contribution in [0.25, 0.3) is 0 Å². The smallest absolute Gasteiger partial charge is 0.310 e. The predicted octanol–water partition coefficient (Wildman–Crippen LogP) is 2.31. The Morgan fingerprint density at radius 3 is 2.17 bits per heavy atom. The summed E-state index contributed by atoms with van der Waals surface area (Å²) >= 11 is 0. The minimum atomic E-state index is -0.316. The van der Waals surface area contributed by atoms with Crippen LogP contribution in [0.15, 0.2) is 36.4 Å². The average Bonchev–Trinajstić information content (AvgIpc) is 3.23. The quantitative estimate of drug-likeness (QED) is 0.372. The molecule has 2 aliphatic carbocycles. The largest absolute Gasteiger partial charge is 0.427 e. The molecule has 0 N–H and O–H groups in total. The van der Waals surface area contributed by atoms with Crippen LogP contribution in [0.5, 0.6) is 5.75 Å². The van der Waals surface area contributed by atoms with E-state index in [4.69, 9.17) is 4.74 Å². The average molecular weight is 311 g/mol. The zero-order chi connectivity index (χ0) is 16.1. The highest BCUT2D eigenvalue weighted by atomic mass is 16.5. The van der Waals surface area contributed by atoms with Crippen LogP contribution >= 0.6 is 0 Å². The molecule has 5 nitrogen and oxygen atoms in total. The number of esters is 1. The van der Waals surface area contributed by atoms with Gasteiger partial charge in [-0.15, -0.1) is 0 Å². The molecule has 2 fully saturated rings. The first kappa shape index (κ1) is 14.2. The van der Waals surface area contributed by atoms with E-state index in [9.17, 15) is 14.4 Å². The number of imide groups is 1. The van der Waals surface area contributed by atoms with Gasteiger partial charge in [-0.1, -0.05) is 19.1 Å². The van der Waals surface area contributed by atoms with Crippen molar-refractivity contribution in [2.45, 2.75) is 19.8 Å². The normalized spacial score (nSPS) is 30.9. The summed E-state index contributed by atoms with van der Waals surface area (Å²) in [4.78, 5) is 38.0. The Hall–Kier alpha value is -2.43. The topological polar surface area (TPSA) is 63.7 Å². The summed E-state index contributed by atoms with van der Waals surface area (Å²) in [5.74, 6) is -0.0900. The molecule has 1 saturated carbocycles. The Morgan fingerprint density at radius 2 is 1.65 bits per heavy atom. The van der Waals surface area contributed by atoms with E-state index < -0.39 is 0 Å².